The summed E-state index contributed by atoms with van der Waals surface area (Å²) in [5.41, 5.74) is 2.89. The summed E-state index contributed by atoms with van der Waals surface area (Å²) in [5.74, 6) is 1.71. The Morgan fingerprint density at radius 3 is 2.39 bits per heavy atom. The van der Waals surface area contributed by atoms with E-state index in [9.17, 15) is 0 Å². The van der Waals surface area contributed by atoms with Crippen LogP contribution < -0.4 is 19.4 Å². The third kappa shape index (κ3) is 2.63. The van der Waals surface area contributed by atoms with Crippen LogP contribution in [0.4, 0.5) is 5.69 Å². The molecule has 2 aromatic carbocycles. The predicted molar refractivity (Wildman–Crippen MR) is 114 cm³/mol. The van der Waals surface area contributed by atoms with Gasteiger partial charge in [0.15, 0.2) is 17.5 Å². The average molecular weight is 375 g/mol. The first-order valence-electron chi connectivity index (χ1n) is 9.53. The molecule has 0 aliphatic heterocycles. The molecule has 1 N–H and O–H groups in total. The van der Waals surface area contributed by atoms with Crippen LogP contribution in [-0.2, 0) is 5.54 Å². The number of aromatic nitrogens is 1. The van der Waals surface area contributed by atoms with E-state index in [1.807, 2.05) is 30.3 Å². The summed E-state index contributed by atoms with van der Waals surface area (Å²) in [5, 5.41) is 4.93. The number of pyridine rings is 1. The first kappa shape index (κ1) is 18.4. The lowest BCUT2D eigenvalue weighted by atomic mass is 10.1. The Hall–Kier alpha value is -3.01. The van der Waals surface area contributed by atoms with Gasteiger partial charge in [0.2, 0.25) is 0 Å². The third-order valence-corrected chi connectivity index (χ3v) is 6.19. The van der Waals surface area contributed by atoms with Crippen molar-refractivity contribution in [2.24, 2.45) is 0 Å². The highest BCUT2D eigenvalue weighted by atomic mass is 16.5. The fraction of sp³-hybridized carbons (Fsp3) is 0.292. The molecule has 2 atom stereocenters. The Balaban J connectivity index is 1.79. The fourth-order valence-corrected chi connectivity index (χ4v) is 4.29. The number of nitrogens with one attached hydrogen (secondary N) is 1. The highest BCUT2D eigenvalue weighted by molar-refractivity contribution is 5.81. The Bertz CT molecular complexity index is 1060. The van der Waals surface area contributed by atoms with Gasteiger partial charge in [0, 0.05) is 25.0 Å². The summed E-state index contributed by atoms with van der Waals surface area (Å²) < 4.78 is 13.6. The van der Waals surface area contributed by atoms with E-state index in [1.165, 1.54) is 5.39 Å². The molecule has 1 aromatic heterocycles. The smallest absolute Gasteiger partial charge is 0.255 e. The molecule has 1 saturated carbocycles. The molecular weight excluding hydrogens is 348 g/mol. The van der Waals surface area contributed by atoms with Gasteiger partial charge >= 0.3 is 0 Å². The molecule has 0 radical (unpaired) electrons. The van der Waals surface area contributed by atoms with E-state index in [1.54, 1.807) is 14.2 Å². The molecule has 0 amide bonds. The zero-order chi connectivity index (χ0) is 19.9. The zero-order valence-electron chi connectivity index (χ0n) is 17.0. The van der Waals surface area contributed by atoms with Crippen molar-refractivity contribution in [2.75, 3.05) is 19.5 Å². The molecular formula is C24H27N2O2+. The minimum atomic E-state index is -0.140. The molecule has 4 nitrogen and oxygen atoms in total. The van der Waals surface area contributed by atoms with Crippen LogP contribution in [0.15, 0.2) is 61.3 Å². The molecule has 0 saturated heterocycles. The molecule has 4 rings (SSSR count). The maximum Gasteiger partial charge on any atom is 0.255 e. The van der Waals surface area contributed by atoms with Gasteiger partial charge in [-0.2, -0.15) is 4.57 Å². The molecule has 4 heteroatoms. The Labute approximate surface area is 166 Å². The van der Waals surface area contributed by atoms with Crippen molar-refractivity contribution >= 4 is 22.7 Å². The van der Waals surface area contributed by atoms with Crippen molar-refractivity contribution in [3.63, 3.8) is 0 Å². The van der Waals surface area contributed by atoms with Gasteiger partial charge in [0.25, 0.3) is 5.52 Å². The number of anilines is 1. The van der Waals surface area contributed by atoms with E-state index in [0.29, 0.717) is 0 Å². The Kier molecular flexibility index (Phi) is 4.30. The van der Waals surface area contributed by atoms with E-state index in [0.717, 1.165) is 34.7 Å². The van der Waals surface area contributed by atoms with Crippen LogP contribution >= 0.6 is 0 Å². The van der Waals surface area contributed by atoms with Crippen molar-refractivity contribution in [3.05, 3.63) is 66.9 Å². The van der Waals surface area contributed by atoms with Gasteiger partial charge in [-0.15, -0.1) is 0 Å². The number of para-hydroxylation sites is 2. The highest BCUT2D eigenvalue weighted by Gasteiger charge is 2.70. The molecule has 0 spiro atoms. The highest BCUT2D eigenvalue weighted by Crippen LogP contribution is 2.54. The van der Waals surface area contributed by atoms with Gasteiger partial charge in [0.1, 0.15) is 11.3 Å². The third-order valence-electron chi connectivity index (χ3n) is 6.19. The maximum absolute atomic E-state index is 5.68. The molecule has 1 fully saturated rings. The first-order chi connectivity index (χ1) is 13.5. The number of rotatable bonds is 6. The van der Waals surface area contributed by atoms with E-state index < -0.39 is 0 Å². The van der Waals surface area contributed by atoms with Crippen LogP contribution in [0.25, 0.3) is 17.0 Å². The first-order valence-corrected chi connectivity index (χ1v) is 9.53. The quantitative estimate of drug-likeness (QED) is 0.630. The maximum atomic E-state index is 5.68. The lowest BCUT2D eigenvalue weighted by Crippen LogP contribution is -2.51. The number of fused-ring (bicyclic) bond motifs is 1. The Morgan fingerprint density at radius 2 is 1.68 bits per heavy atom. The van der Waals surface area contributed by atoms with E-state index >= 15 is 0 Å². The van der Waals surface area contributed by atoms with Crippen molar-refractivity contribution < 1.29 is 14.0 Å². The van der Waals surface area contributed by atoms with E-state index in [2.05, 4.69) is 60.8 Å². The zero-order valence-corrected chi connectivity index (χ0v) is 17.0. The number of hydrogen-bond donors (Lipinski definition) is 1. The van der Waals surface area contributed by atoms with Crippen molar-refractivity contribution in [1.82, 2.24) is 0 Å². The van der Waals surface area contributed by atoms with E-state index in [4.69, 9.17) is 9.47 Å². The molecule has 2 unspecified atom stereocenters. The number of benzene rings is 2. The monoisotopic (exact) mass is 375 g/mol. The van der Waals surface area contributed by atoms with Crippen LogP contribution in [0.1, 0.15) is 25.8 Å². The lowest BCUT2D eigenvalue weighted by Gasteiger charge is -2.22. The van der Waals surface area contributed by atoms with Crippen molar-refractivity contribution in [1.29, 1.82) is 0 Å². The van der Waals surface area contributed by atoms with Crippen LogP contribution in [0.3, 0.4) is 0 Å². The van der Waals surface area contributed by atoms with Gasteiger partial charge in [-0.1, -0.05) is 30.9 Å². The summed E-state index contributed by atoms with van der Waals surface area (Å²) in [6, 6.07) is 16.4. The minimum absolute atomic E-state index is 0.111. The molecule has 28 heavy (non-hydrogen) atoms. The molecule has 1 aliphatic carbocycles. The number of hydrogen-bond acceptors (Lipinski definition) is 3. The molecule has 1 aliphatic rings. The second kappa shape index (κ2) is 6.55. The normalized spacial score (nSPS) is 23.3. The van der Waals surface area contributed by atoms with Gasteiger partial charge in [-0.3, -0.25) is 0 Å². The fourth-order valence-electron chi connectivity index (χ4n) is 4.29. The van der Waals surface area contributed by atoms with Crippen molar-refractivity contribution in [3.8, 4) is 11.5 Å². The SMILES string of the molecule is C=Cc1cccc(OC)c1NC1(C)CC1(C)[n+]1cccc2cccc(OC)c21. The summed E-state index contributed by atoms with van der Waals surface area (Å²) in [6.07, 6.45) is 4.99. The van der Waals surface area contributed by atoms with Crippen molar-refractivity contribution in [2.45, 2.75) is 31.3 Å². The standard InChI is InChI=1S/C24H27N2O2/c1-6-17-10-7-13-19(27-4)21(17)25-23(2)16-24(23,3)26-15-9-12-18-11-8-14-20(28-5)22(18)26/h6-15,25H,1,16H2,2-5H3/q+1. The number of methoxy groups -OCH3 is 2. The molecule has 0 bridgehead atoms. The second-order valence-corrected chi connectivity index (χ2v) is 7.81. The number of ether oxygens (including phenoxy) is 2. The largest absolute Gasteiger partial charge is 0.495 e. The summed E-state index contributed by atoms with van der Waals surface area (Å²) in [7, 11) is 3.43. The second-order valence-electron chi connectivity index (χ2n) is 7.81. The van der Waals surface area contributed by atoms with Gasteiger partial charge < -0.3 is 14.8 Å². The predicted octanol–water partition coefficient (Wildman–Crippen LogP) is 4.78. The van der Waals surface area contributed by atoms with Crippen LogP contribution in [-0.4, -0.2) is 19.8 Å². The lowest BCUT2D eigenvalue weighted by molar-refractivity contribution is -0.714. The van der Waals surface area contributed by atoms with Gasteiger partial charge in [-0.05, 0) is 31.2 Å². The molecule has 1 heterocycles. The van der Waals surface area contributed by atoms with Crippen LogP contribution in [0.2, 0.25) is 0 Å². The average Bonchev–Trinajstić information content (AvgIpc) is 3.28. The van der Waals surface area contributed by atoms with E-state index in [-0.39, 0.29) is 11.1 Å². The summed E-state index contributed by atoms with van der Waals surface area (Å²) in [6.45, 7) is 8.50. The molecule has 144 valence electrons. The minimum Gasteiger partial charge on any atom is -0.495 e. The Morgan fingerprint density at radius 1 is 1.00 bits per heavy atom. The van der Waals surface area contributed by atoms with Crippen LogP contribution in [0.5, 0.6) is 11.5 Å². The van der Waals surface area contributed by atoms with Gasteiger partial charge in [0.05, 0.1) is 25.3 Å². The summed E-state index contributed by atoms with van der Waals surface area (Å²) in [4.78, 5) is 0. The van der Waals surface area contributed by atoms with Crippen LogP contribution in [0, 0.1) is 0 Å². The molecule has 3 aromatic rings. The number of nitrogens with zero attached hydrogens (tertiary/aromatic N) is 1. The van der Waals surface area contributed by atoms with Gasteiger partial charge in [-0.25, -0.2) is 0 Å². The topological polar surface area (TPSA) is 34.4 Å². The summed E-state index contributed by atoms with van der Waals surface area (Å²) >= 11 is 0.